The SMILES string of the molecule is CCSCCCNCc1nnc2ccccn12. The van der Waals surface area contributed by atoms with Gasteiger partial charge in [0.2, 0.25) is 0 Å². The quantitative estimate of drug-likeness (QED) is 0.763. The molecule has 0 saturated carbocycles. The van der Waals surface area contributed by atoms with Gasteiger partial charge in [0.25, 0.3) is 0 Å². The second-order valence-electron chi connectivity index (χ2n) is 3.77. The molecular formula is C12H18N4S. The summed E-state index contributed by atoms with van der Waals surface area (Å²) in [6, 6.07) is 5.94. The molecule has 2 aromatic rings. The van der Waals surface area contributed by atoms with Crippen LogP contribution in [0.2, 0.25) is 0 Å². The van der Waals surface area contributed by atoms with Crippen molar-refractivity contribution in [2.75, 3.05) is 18.1 Å². The summed E-state index contributed by atoms with van der Waals surface area (Å²) in [5, 5.41) is 11.7. The van der Waals surface area contributed by atoms with Gasteiger partial charge in [-0.05, 0) is 36.6 Å². The van der Waals surface area contributed by atoms with Crippen molar-refractivity contribution in [2.45, 2.75) is 19.9 Å². The van der Waals surface area contributed by atoms with Gasteiger partial charge in [0.1, 0.15) is 0 Å². The van der Waals surface area contributed by atoms with Crippen molar-refractivity contribution in [1.29, 1.82) is 0 Å². The van der Waals surface area contributed by atoms with Crippen molar-refractivity contribution in [2.24, 2.45) is 0 Å². The van der Waals surface area contributed by atoms with E-state index in [2.05, 4.69) is 22.4 Å². The molecule has 92 valence electrons. The Labute approximate surface area is 106 Å². The van der Waals surface area contributed by atoms with Crippen molar-refractivity contribution in [3.8, 4) is 0 Å². The third kappa shape index (κ3) is 3.44. The van der Waals surface area contributed by atoms with Crippen molar-refractivity contribution in [3.63, 3.8) is 0 Å². The van der Waals surface area contributed by atoms with Gasteiger partial charge in [-0.1, -0.05) is 13.0 Å². The van der Waals surface area contributed by atoms with Gasteiger partial charge in [-0.3, -0.25) is 4.40 Å². The third-order valence-corrected chi connectivity index (χ3v) is 3.50. The molecular weight excluding hydrogens is 232 g/mol. The Morgan fingerprint density at radius 3 is 3.18 bits per heavy atom. The maximum absolute atomic E-state index is 4.17. The van der Waals surface area contributed by atoms with Crippen LogP contribution >= 0.6 is 11.8 Å². The van der Waals surface area contributed by atoms with Gasteiger partial charge < -0.3 is 5.32 Å². The largest absolute Gasteiger partial charge is 0.310 e. The van der Waals surface area contributed by atoms with E-state index in [0.717, 1.165) is 24.6 Å². The lowest BCUT2D eigenvalue weighted by Gasteiger charge is -2.03. The predicted molar refractivity (Wildman–Crippen MR) is 72.3 cm³/mol. The Bertz CT molecular complexity index is 454. The molecule has 0 aliphatic rings. The van der Waals surface area contributed by atoms with Crippen molar-refractivity contribution in [3.05, 3.63) is 30.2 Å². The fraction of sp³-hybridized carbons (Fsp3) is 0.500. The lowest BCUT2D eigenvalue weighted by Crippen LogP contribution is -2.17. The molecule has 0 atom stereocenters. The van der Waals surface area contributed by atoms with Crippen molar-refractivity contribution < 1.29 is 0 Å². The molecule has 17 heavy (non-hydrogen) atoms. The number of aromatic nitrogens is 3. The van der Waals surface area contributed by atoms with Crippen molar-refractivity contribution >= 4 is 17.4 Å². The van der Waals surface area contributed by atoms with E-state index in [1.807, 2.05) is 40.6 Å². The van der Waals surface area contributed by atoms with E-state index < -0.39 is 0 Å². The minimum atomic E-state index is 0.780. The minimum Gasteiger partial charge on any atom is -0.310 e. The molecule has 2 rings (SSSR count). The number of nitrogens with zero attached hydrogens (tertiary/aromatic N) is 3. The van der Waals surface area contributed by atoms with Crippen LogP contribution in [0.4, 0.5) is 0 Å². The Hall–Kier alpha value is -1.07. The van der Waals surface area contributed by atoms with Crippen molar-refractivity contribution in [1.82, 2.24) is 19.9 Å². The zero-order valence-electron chi connectivity index (χ0n) is 10.1. The third-order valence-electron chi connectivity index (χ3n) is 2.51. The first-order chi connectivity index (χ1) is 8.42. The molecule has 0 saturated heterocycles. The van der Waals surface area contributed by atoms with Crippen LogP contribution in [0.15, 0.2) is 24.4 Å². The molecule has 0 amide bonds. The summed E-state index contributed by atoms with van der Waals surface area (Å²) in [6.07, 6.45) is 3.20. The zero-order valence-corrected chi connectivity index (χ0v) is 10.9. The van der Waals surface area contributed by atoms with E-state index >= 15 is 0 Å². The molecule has 0 spiro atoms. The molecule has 0 unspecified atom stereocenters. The number of fused-ring (bicyclic) bond motifs is 1. The van der Waals surface area contributed by atoms with Gasteiger partial charge in [0, 0.05) is 6.20 Å². The number of hydrogen-bond acceptors (Lipinski definition) is 4. The number of thioether (sulfide) groups is 1. The summed E-state index contributed by atoms with van der Waals surface area (Å²) >= 11 is 1.99. The molecule has 0 radical (unpaired) electrons. The van der Waals surface area contributed by atoms with E-state index in [1.54, 1.807) is 0 Å². The number of nitrogens with one attached hydrogen (secondary N) is 1. The summed E-state index contributed by atoms with van der Waals surface area (Å²) in [5.41, 5.74) is 0.908. The van der Waals surface area contributed by atoms with E-state index in [4.69, 9.17) is 0 Å². The molecule has 2 heterocycles. The van der Waals surface area contributed by atoms with E-state index in [1.165, 1.54) is 17.9 Å². The van der Waals surface area contributed by atoms with Gasteiger partial charge in [-0.15, -0.1) is 10.2 Å². The highest BCUT2D eigenvalue weighted by Crippen LogP contribution is 2.03. The van der Waals surface area contributed by atoms with Crippen LogP contribution in [0.25, 0.3) is 5.65 Å². The van der Waals surface area contributed by atoms with Gasteiger partial charge in [0.05, 0.1) is 6.54 Å². The van der Waals surface area contributed by atoms with Crippen LogP contribution in [-0.2, 0) is 6.54 Å². The summed E-state index contributed by atoms with van der Waals surface area (Å²) in [7, 11) is 0. The Balaban J connectivity index is 1.79. The first-order valence-electron chi connectivity index (χ1n) is 5.99. The fourth-order valence-corrected chi connectivity index (χ4v) is 2.29. The van der Waals surface area contributed by atoms with E-state index in [0.29, 0.717) is 0 Å². The lowest BCUT2D eigenvalue weighted by atomic mass is 10.4. The second-order valence-corrected chi connectivity index (χ2v) is 5.17. The summed E-state index contributed by atoms with van der Waals surface area (Å²) in [4.78, 5) is 0. The summed E-state index contributed by atoms with van der Waals surface area (Å²) < 4.78 is 2.02. The summed E-state index contributed by atoms with van der Waals surface area (Å²) in [6.45, 7) is 4.01. The van der Waals surface area contributed by atoms with Crippen LogP contribution in [0.1, 0.15) is 19.2 Å². The Morgan fingerprint density at radius 2 is 2.29 bits per heavy atom. The maximum atomic E-state index is 4.17. The molecule has 0 aliphatic heterocycles. The highest BCUT2D eigenvalue weighted by molar-refractivity contribution is 7.99. The lowest BCUT2D eigenvalue weighted by molar-refractivity contribution is 0.648. The molecule has 1 N–H and O–H groups in total. The predicted octanol–water partition coefficient (Wildman–Crippen LogP) is 1.96. The monoisotopic (exact) mass is 250 g/mol. The molecule has 0 aromatic carbocycles. The maximum Gasteiger partial charge on any atom is 0.160 e. The van der Waals surface area contributed by atoms with E-state index in [-0.39, 0.29) is 0 Å². The number of pyridine rings is 1. The molecule has 0 aliphatic carbocycles. The normalized spacial score (nSPS) is 11.1. The fourth-order valence-electron chi connectivity index (χ4n) is 1.66. The molecule has 2 aromatic heterocycles. The topological polar surface area (TPSA) is 42.2 Å². The van der Waals surface area contributed by atoms with Gasteiger partial charge in [-0.2, -0.15) is 11.8 Å². The molecule has 0 bridgehead atoms. The summed E-state index contributed by atoms with van der Waals surface area (Å²) in [5.74, 6) is 3.41. The highest BCUT2D eigenvalue weighted by atomic mass is 32.2. The van der Waals surface area contributed by atoms with E-state index in [9.17, 15) is 0 Å². The minimum absolute atomic E-state index is 0.780. The van der Waals surface area contributed by atoms with Gasteiger partial charge in [0.15, 0.2) is 11.5 Å². The van der Waals surface area contributed by atoms with Gasteiger partial charge in [-0.25, -0.2) is 0 Å². The van der Waals surface area contributed by atoms with Crippen LogP contribution in [0, 0.1) is 0 Å². The molecule has 0 fully saturated rings. The first kappa shape index (κ1) is 12.4. The average Bonchev–Trinajstić information content (AvgIpc) is 2.77. The van der Waals surface area contributed by atoms with Crippen LogP contribution in [0.3, 0.4) is 0 Å². The smallest absolute Gasteiger partial charge is 0.160 e. The molecule has 5 heteroatoms. The second kappa shape index (κ2) is 6.61. The Morgan fingerprint density at radius 1 is 1.35 bits per heavy atom. The number of rotatable bonds is 7. The Kier molecular flexibility index (Phi) is 4.82. The van der Waals surface area contributed by atoms with Crippen LogP contribution < -0.4 is 5.32 Å². The van der Waals surface area contributed by atoms with Gasteiger partial charge >= 0.3 is 0 Å². The number of hydrogen-bond donors (Lipinski definition) is 1. The molecule has 4 nitrogen and oxygen atoms in total. The van der Waals surface area contributed by atoms with Crippen LogP contribution in [-0.4, -0.2) is 32.6 Å². The van der Waals surface area contributed by atoms with Crippen LogP contribution in [0.5, 0.6) is 0 Å². The standard InChI is InChI=1S/C12H18N4S/c1-2-17-9-5-7-13-10-12-15-14-11-6-3-4-8-16(11)12/h3-4,6,8,13H,2,5,7,9-10H2,1H3. The highest BCUT2D eigenvalue weighted by Gasteiger charge is 2.02. The zero-order chi connectivity index (χ0) is 11.9. The first-order valence-corrected chi connectivity index (χ1v) is 7.14. The average molecular weight is 250 g/mol.